The second-order valence-electron chi connectivity index (χ2n) is 4.73. The maximum Gasteiger partial charge on any atom is 0.0735 e. The summed E-state index contributed by atoms with van der Waals surface area (Å²) in [6, 6.07) is 9.00. The van der Waals surface area contributed by atoms with Gasteiger partial charge in [0.15, 0.2) is 0 Å². The van der Waals surface area contributed by atoms with E-state index in [-0.39, 0.29) is 5.92 Å². The third-order valence-electron chi connectivity index (χ3n) is 3.29. The van der Waals surface area contributed by atoms with Crippen molar-refractivity contribution in [1.82, 2.24) is 0 Å². The maximum absolute atomic E-state index is 9.15. The van der Waals surface area contributed by atoms with Crippen molar-refractivity contribution in [3.8, 4) is 6.07 Å². The standard InChI is InChI=1S/C14H17N/c1-10(2)14(9-15)13-7-6-11-4-3-5-12(11)8-13/h6-8,10,14H,3-5H2,1-2H3. The van der Waals surface area contributed by atoms with Gasteiger partial charge in [-0.3, -0.25) is 0 Å². The van der Waals surface area contributed by atoms with Gasteiger partial charge < -0.3 is 0 Å². The molecule has 1 aliphatic rings. The molecule has 1 aliphatic carbocycles. The van der Waals surface area contributed by atoms with Crippen molar-refractivity contribution in [2.45, 2.75) is 39.0 Å². The molecular weight excluding hydrogens is 182 g/mol. The van der Waals surface area contributed by atoms with Crippen LogP contribution in [0.2, 0.25) is 0 Å². The van der Waals surface area contributed by atoms with Crippen molar-refractivity contribution < 1.29 is 0 Å². The lowest BCUT2D eigenvalue weighted by atomic mass is 9.88. The summed E-state index contributed by atoms with van der Waals surface area (Å²) in [6.07, 6.45) is 3.69. The highest BCUT2D eigenvalue weighted by atomic mass is 14.3. The predicted octanol–water partition coefficient (Wildman–Crippen LogP) is 3.44. The first-order valence-corrected chi connectivity index (χ1v) is 5.73. The van der Waals surface area contributed by atoms with Gasteiger partial charge in [-0.05, 0) is 41.9 Å². The van der Waals surface area contributed by atoms with E-state index in [0.717, 1.165) is 0 Å². The van der Waals surface area contributed by atoms with Crippen molar-refractivity contribution in [2.24, 2.45) is 5.92 Å². The van der Waals surface area contributed by atoms with Gasteiger partial charge in [0.05, 0.1) is 12.0 Å². The topological polar surface area (TPSA) is 23.8 Å². The first-order valence-electron chi connectivity index (χ1n) is 5.73. The van der Waals surface area contributed by atoms with Crippen molar-refractivity contribution in [1.29, 1.82) is 5.26 Å². The van der Waals surface area contributed by atoms with E-state index in [4.69, 9.17) is 5.26 Å². The van der Waals surface area contributed by atoms with E-state index in [1.54, 1.807) is 0 Å². The van der Waals surface area contributed by atoms with E-state index in [1.165, 1.54) is 36.0 Å². The molecule has 0 fully saturated rings. The van der Waals surface area contributed by atoms with Gasteiger partial charge in [-0.1, -0.05) is 32.0 Å². The number of nitriles is 1. The van der Waals surface area contributed by atoms with Gasteiger partial charge in [0.1, 0.15) is 0 Å². The Labute approximate surface area is 91.7 Å². The molecule has 0 amide bonds. The number of aryl methyl sites for hydroxylation is 2. The highest BCUT2D eigenvalue weighted by Crippen LogP contribution is 2.29. The molecule has 2 rings (SSSR count). The Morgan fingerprint density at radius 1 is 1.20 bits per heavy atom. The average molecular weight is 199 g/mol. The Morgan fingerprint density at radius 3 is 2.60 bits per heavy atom. The highest BCUT2D eigenvalue weighted by molar-refractivity contribution is 5.38. The van der Waals surface area contributed by atoms with E-state index < -0.39 is 0 Å². The van der Waals surface area contributed by atoms with Crippen LogP contribution in [0.5, 0.6) is 0 Å². The van der Waals surface area contributed by atoms with E-state index in [0.29, 0.717) is 5.92 Å². The zero-order valence-corrected chi connectivity index (χ0v) is 9.46. The van der Waals surface area contributed by atoms with Crippen LogP contribution in [-0.4, -0.2) is 0 Å². The summed E-state index contributed by atoms with van der Waals surface area (Å²) in [5, 5.41) is 9.15. The first kappa shape index (κ1) is 10.2. The second-order valence-corrected chi connectivity index (χ2v) is 4.73. The Kier molecular flexibility index (Phi) is 2.77. The Morgan fingerprint density at radius 2 is 1.93 bits per heavy atom. The molecule has 1 heteroatoms. The number of rotatable bonds is 2. The van der Waals surface area contributed by atoms with Gasteiger partial charge in [-0.2, -0.15) is 5.26 Å². The zero-order valence-electron chi connectivity index (χ0n) is 9.46. The molecule has 1 atom stereocenters. The van der Waals surface area contributed by atoms with Gasteiger partial charge in [0.2, 0.25) is 0 Å². The van der Waals surface area contributed by atoms with E-state index in [2.05, 4.69) is 38.1 Å². The lowest BCUT2D eigenvalue weighted by Gasteiger charge is -2.14. The Bertz CT molecular complexity index is 398. The SMILES string of the molecule is CC(C)C(C#N)c1ccc2c(c1)CCC2. The molecule has 0 spiro atoms. The van der Waals surface area contributed by atoms with Gasteiger partial charge >= 0.3 is 0 Å². The van der Waals surface area contributed by atoms with Gasteiger partial charge in [-0.15, -0.1) is 0 Å². The molecule has 0 radical (unpaired) electrons. The summed E-state index contributed by atoms with van der Waals surface area (Å²) in [6.45, 7) is 4.22. The molecule has 1 aromatic carbocycles. The summed E-state index contributed by atoms with van der Waals surface area (Å²) in [5.74, 6) is 0.449. The summed E-state index contributed by atoms with van der Waals surface area (Å²) in [4.78, 5) is 0. The third kappa shape index (κ3) is 1.90. The van der Waals surface area contributed by atoms with Crippen molar-refractivity contribution in [2.75, 3.05) is 0 Å². The van der Waals surface area contributed by atoms with Crippen LogP contribution in [0.15, 0.2) is 18.2 Å². The number of hydrogen-bond donors (Lipinski definition) is 0. The molecule has 1 unspecified atom stereocenters. The fraction of sp³-hybridized carbons (Fsp3) is 0.500. The molecule has 15 heavy (non-hydrogen) atoms. The van der Waals surface area contributed by atoms with E-state index in [9.17, 15) is 0 Å². The van der Waals surface area contributed by atoms with Gasteiger partial charge in [0.25, 0.3) is 0 Å². The van der Waals surface area contributed by atoms with E-state index >= 15 is 0 Å². The number of hydrogen-bond acceptors (Lipinski definition) is 1. The van der Waals surface area contributed by atoms with Gasteiger partial charge in [0, 0.05) is 0 Å². The highest BCUT2D eigenvalue weighted by Gasteiger charge is 2.18. The molecule has 0 heterocycles. The minimum absolute atomic E-state index is 0.0518. The van der Waals surface area contributed by atoms with Crippen LogP contribution < -0.4 is 0 Å². The van der Waals surface area contributed by atoms with E-state index in [1.807, 2.05) is 0 Å². The van der Waals surface area contributed by atoms with Crippen LogP contribution in [0.1, 0.15) is 42.9 Å². The number of benzene rings is 1. The third-order valence-corrected chi connectivity index (χ3v) is 3.29. The maximum atomic E-state index is 9.15. The molecule has 1 nitrogen and oxygen atoms in total. The second kappa shape index (κ2) is 4.06. The summed E-state index contributed by atoms with van der Waals surface area (Å²) in [7, 11) is 0. The Balaban J connectivity index is 2.34. The molecule has 0 saturated heterocycles. The molecule has 0 N–H and O–H groups in total. The van der Waals surface area contributed by atoms with Crippen LogP contribution in [0, 0.1) is 17.2 Å². The predicted molar refractivity (Wildman–Crippen MR) is 61.7 cm³/mol. The van der Waals surface area contributed by atoms with Crippen LogP contribution in [0.4, 0.5) is 0 Å². The monoisotopic (exact) mass is 199 g/mol. The van der Waals surface area contributed by atoms with Crippen molar-refractivity contribution in [3.63, 3.8) is 0 Å². The van der Waals surface area contributed by atoms with Crippen LogP contribution in [0.3, 0.4) is 0 Å². The average Bonchev–Trinajstić information content (AvgIpc) is 2.65. The number of nitrogens with zero attached hydrogens (tertiary/aromatic N) is 1. The molecular formula is C14H17N. The lowest BCUT2D eigenvalue weighted by molar-refractivity contribution is 0.587. The fourth-order valence-corrected chi connectivity index (χ4v) is 2.39. The normalized spacial score (nSPS) is 16.1. The summed E-state index contributed by atoms with van der Waals surface area (Å²) >= 11 is 0. The van der Waals surface area contributed by atoms with Crippen LogP contribution in [0.25, 0.3) is 0 Å². The smallest absolute Gasteiger partial charge is 0.0735 e. The Hall–Kier alpha value is -1.29. The lowest BCUT2D eigenvalue weighted by Crippen LogP contribution is -2.04. The minimum Gasteiger partial charge on any atom is -0.198 e. The van der Waals surface area contributed by atoms with Crippen LogP contribution >= 0.6 is 0 Å². The fourth-order valence-electron chi connectivity index (χ4n) is 2.39. The largest absolute Gasteiger partial charge is 0.198 e. The van der Waals surface area contributed by atoms with Gasteiger partial charge in [-0.25, -0.2) is 0 Å². The molecule has 0 aliphatic heterocycles. The van der Waals surface area contributed by atoms with Crippen molar-refractivity contribution in [3.05, 3.63) is 34.9 Å². The molecule has 0 bridgehead atoms. The summed E-state index contributed by atoms with van der Waals surface area (Å²) in [5.41, 5.74) is 4.15. The summed E-state index contributed by atoms with van der Waals surface area (Å²) < 4.78 is 0. The molecule has 0 aromatic heterocycles. The molecule has 78 valence electrons. The van der Waals surface area contributed by atoms with Crippen LogP contribution in [-0.2, 0) is 12.8 Å². The molecule has 1 aromatic rings. The quantitative estimate of drug-likeness (QED) is 0.715. The molecule has 0 saturated carbocycles. The number of fused-ring (bicyclic) bond motifs is 1. The minimum atomic E-state index is 0.0518. The van der Waals surface area contributed by atoms with Crippen molar-refractivity contribution >= 4 is 0 Å². The first-order chi connectivity index (χ1) is 7.22. The zero-order chi connectivity index (χ0) is 10.8.